The number of nitrogens with one attached hydrogen (secondary N) is 1. The zero-order valence-electron chi connectivity index (χ0n) is 13.2. The second-order valence-electron chi connectivity index (χ2n) is 4.98. The molecule has 124 valence electrons. The van der Waals surface area contributed by atoms with Gasteiger partial charge in [-0.3, -0.25) is 0 Å². The molecular formula is C16H18N6O2. The minimum absolute atomic E-state index is 0.000311. The number of ether oxygens (including phenoxy) is 1. The fourth-order valence-corrected chi connectivity index (χ4v) is 2.33. The van der Waals surface area contributed by atoms with E-state index in [0.29, 0.717) is 23.8 Å². The van der Waals surface area contributed by atoms with E-state index in [4.69, 9.17) is 15.6 Å². The van der Waals surface area contributed by atoms with Crippen molar-refractivity contribution in [2.24, 2.45) is 0 Å². The van der Waals surface area contributed by atoms with Crippen molar-refractivity contribution < 1.29 is 9.84 Å². The second-order valence-corrected chi connectivity index (χ2v) is 4.98. The molecule has 1 aromatic carbocycles. The Hall–Kier alpha value is -3.13. The van der Waals surface area contributed by atoms with Gasteiger partial charge in [-0.2, -0.15) is 10.1 Å². The van der Waals surface area contributed by atoms with Crippen LogP contribution in [0.5, 0.6) is 5.75 Å². The van der Waals surface area contributed by atoms with Crippen LogP contribution >= 0.6 is 0 Å². The first-order chi connectivity index (χ1) is 11.7. The number of aliphatic hydroxyl groups excluding tert-OH is 1. The van der Waals surface area contributed by atoms with Crippen LogP contribution in [0.25, 0.3) is 16.9 Å². The van der Waals surface area contributed by atoms with E-state index in [1.807, 2.05) is 30.5 Å². The Labute approximate surface area is 138 Å². The van der Waals surface area contributed by atoms with Gasteiger partial charge in [0.2, 0.25) is 5.95 Å². The van der Waals surface area contributed by atoms with Crippen LogP contribution in [-0.2, 0) is 0 Å². The van der Waals surface area contributed by atoms with Gasteiger partial charge < -0.3 is 20.9 Å². The number of hydrogen-bond acceptors (Lipinski definition) is 7. The molecule has 2 aromatic heterocycles. The molecule has 4 N–H and O–H groups in total. The van der Waals surface area contributed by atoms with Crippen LogP contribution in [0.4, 0.5) is 11.8 Å². The average Bonchev–Trinajstić information content (AvgIpc) is 3.13. The lowest BCUT2D eigenvalue weighted by molar-refractivity contribution is 0.311. The van der Waals surface area contributed by atoms with Crippen LogP contribution in [0.2, 0.25) is 0 Å². The van der Waals surface area contributed by atoms with Crippen molar-refractivity contribution in [3.05, 3.63) is 42.7 Å². The molecule has 0 unspecified atom stereocenters. The predicted octanol–water partition coefficient (Wildman–Crippen LogP) is 1.32. The summed E-state index contributed by atoms with van der Waals surface area (Å²) in [7, 11) is 1.61. The summed E-state index contributed by atoms with van der Waals surface area (Å²) in [5.41, 5.74) is 8.12. The van der Waals surface area contributed by atoms with Crippen molar-refractivity contribution in [1.29, 1.82) is 0 Å². The molecule has 0 aliphatic rings. The van der Waals surface area contributed by atoms with Gasteiger partial charge in [-0.25, -0.2) is 9.67 Å². The molecule has 0 aliphatic carbocycles. The molecule has 0 fully saturated rings. The Kier molecular flexibility index (Phi) is 4.57. The Bertz CT molecular complexity index is 819. The smallest absolute Gasteiger partial charge is 0.222 e. The summed E-state index contributed by atoms with van der Waals surface area (Å²) >= 11 is 0. The van der Waals surface area contributed by atoms with Gasteiger partial charge in [0.25, 0.3) is 0 Å². The molecule has 2 heterocycles. The van der Waals surface area contributed by atoms with E-state index < -0.39 is 0 Å². The molecule has 0 saturated carbocycles. The largest absolute Gasteiger partial charge is 0.497 e. The van der Waals surface area contributed by atoms with Crippen LogP contribution < -0.4 is 15.8 Å². The van der Waals surface area contributed by atoms with E-state index in [2.05, 4.69) is 20.4 Å². The zero-order valence-corrected chi connectivity index (χ0v) is 13.2. The molecule has 0 aliphatic heterocycles. The average molecular weight is 326 g/mol. The van der Waals surface area contributed by atoms with Gasteiger partial charge >= 0.3 is 0 Å². The number of methoxy groups -OCH3 is 1. The summed E-state index contributed by atoms with van der Waals surface area (Å²) in [4.78, 5) is 8.44. The number of nitrogens with two attached hydrogens (primary N) is 1. The van der Waals surface area contributed by atoms with Crippen molar-refractivity contribution in [2.45, 2.75) is 0 Å². The minimum Gasteiger partial charge on any atom is -0.497 e. The highest BCUT2D eigenvalue weighted by Gasteiger charge is 2.12. The Balaban J connectivity index is 2.10. The number of nitrogens with zero attached hydrogens (tertiary/aromatic N) is 4. The number of anilines is 2. The SMILES string of the molecule is COc1ccc(-c2cc(NCCO)nc(N)n2)c(-n2cccn2)c1. The maximum absolute atomic E-state index is 8.95. The third-order valence-corrected chi connectivity index (χ3v) is 3.39. The summed E-state index contributed by atoms with van der Waals surface area (Å²) < 4.78 is 7.04. The van der Waals surface area contributed by atoms with E-state index >= 15 is 0 Å². The highest BCUT2D eigenvalue weighted by atomic mass is 16.5. The first-order valence-corrected chi connectivity index (χ1v) is 7.39. The first-order valence-electron chi connectivity index (χ1n) is 7.39. The summed E-state index contributed by atoms with van der Waals surface area (Å²) in [5, 5.41) is 16.2. The van der Waals surface area contributed by atoms with Crippen LogP contribution in [0.15, 0.2) is 42.7 Å². The van der Waals surface area contributed by atoms with Gasteiger partial charge in [0, 0.05) is 36.6 Å². The van der Waals surface area contributed by atoms with E-state index in [1.54, 1.807) is 24.1 Å². The summed E-state index contributed by atoms with van der Waals surface area (Å²) in [6.07, 6.45) is 3.54. The van der Waals surface area contributed by atoms with Crippen molar-refractivity contribution in [3.8, 4) is 22.7 Å². The Morgan fingerprint density at radius 1 is 1.29 bits per heavy atom. The minimum atomic E-state index is 0.000311. The fraction of sp³-hybridized carbons (Fsp3) is 0.188. The quantitative estimate of drug-likeness (QED) is 0.626. The van der Waals surface area contributed by atoms with Crippen LogP contribution in [-0.4, -0.2) is 45.1 Å². The zero-order chi connectivity index (χ0) is 16.9. The van der Waals surface area contributed by atoms with Crippen LogP contribution in [0, 0.1) is 0 Å². The molecule has 3 aromatic rings. The van der Waals surface area contributed by atoms with E-state index in [0.717, 1.165) is 11.3 Å². The van der Waals surface area contributed by atoms with E-state index in [1.165, 1.54) is 0 Å². The number of benzene rings is 1. The van der Waals surface area contributed by atoms with Gasteiger partial charge in [0.15, 0.2) is 0 Å². The second kappa shape index (κ2) is 6.97. The molecule has 0 amide bonds. The van der Waals surface area contributed by atoms with Gasteiger partial charge in [0.1, 0.15) is 11.6 Å². The Morgan fingerprint density at radius 2 is 2.17 bits per heavy atom. The maximum Gasteiger partial charge on any atom is 0.222 e. The lowest BCUT2D eigenvalue weighted by Crippen LogP contribution is -2.09. The third kappa shape index (κ3) is 3.28. The predicted molar refractivity (Wildman–Crippen MR) is 91.1 cm³/mol. The van der Waals surface area contributed by atoms with Gasteiger partial charge in [-0.1, -0.05) is 0 Å². The molecule has 0 atom stereocenters. The van der Waals surface area contributed by atoms with Crippen molar-refractivity contribution in [1.82, 2.24) is 19.7 Å². The molecule has 0 radical (unpaired) electrons. The lowest BCUT2D eigenvalue weighted by Gasteiger charge is -2.13. The summed E-state index contributed by atoms with van der Waals surface area (Å²) in [6, 6.07) is 9.24. The monoisotopic (exact) mass is 326 g/mol. The number of rotatable bonds is 6. The summed E-state index contributed by atoms with van der Waals surface area (Å²) in [6.45, 7) is 0.380. The fourth-order valence-electron chi connectivity index (χ4n) is 2.33. The van der Waals surface area contributed by atoms with Gasteiger partial charge in [-0.05, 0) is 18.2 Å². The number of aromatic nitrogens is 4. The highest BCUT2D eigenvalue weighted by molar-refractivity contribution is 5.73. The maximum atomic E-state index is 8.95. The molecule has 8 nitrogen and oxygen atoms in total. The lowest BCUT2D eigenvalue weighted by atomic mass is 10.1. The molecular weight excluding hydrogens is 308 g/mol. The molecule has 0 saturated heterocycles. The first kappa shape index (κ1) is 15.8. The molecule has 3 rings (SSSR count). The number of nitrogen functional groups attached to an aromatic ring is 1. The van der Waals surface area contributed by atoms with E-state index in [-0.39, 0.29) is 12.6 Å². The molecule has 0 bridgehead atoms. The topological polar surface area (TPSA) is 111 Å². The van der Waals surface area contributed by atoms with Crippen LogP contribution in [0.1, 0.15) is 0 Å². The van der Waals surface area contributed by atoms with E-state index in [9.17, 15) is 0 Å². The van der Waals surface area contributed by atoms with Crippen molar-refractivity contribution >= 4 is 11.8 Å². The van der Waals surface area contributed by atoms with Gasteiger partial charge in [-0.15, -0.1) is 0 Å². The van der Waals surface area contributed by atoms with Crippen molar-refractivity contribution in [3.63, 3.8) is 0 Å². The number of aliphatic hydroxyl groups is 1. The third-order valence-electron chi connectivity index (χ3n) is 3.39. The van der Waals surface area contributed by atoms with Gasteiger partial charge in [0.05, 0.1) is 25.1 Å². The molecule has 8 heteroatoms. The standard InChI is InChI=1S/C16H18N6O2/c1-24-11-3-4-12(14(9-11)22-7-2-5-19-22)13-10-15(18-6-8-23)21-16(17)20-13/h2-5,7,9-10,23H,6,8H2,1H3,(H3,17,18,20,21). The van der Waals surface area contributed by atoms with Crippen molar-refractivity contribution in [2.75, 3.05) is 31.3 Å². The Morgan fingerprint density at radius 3 is 2.88 bits per heavy atom. The molecule has 0 spiro atoms. The summed E-state index contributed by atoms with van der Waals surface area (Å²) in [5.74, 6) is 1.41. The highest BCUT2D eigenvalue weighted by Crippen LogP contribution is 2.30. The normalized spacial score (nSPS) is 10.6. The van der Waals surface area contributed by atoms with Crippen LogP contribution in [0.3, 0.4) is 0 Å². The molecule has 24 heavy (non-hydrogen) atoms. The number of hydrogen-bond donors (Lipinski definition) is 3.